The van der Waals surface area contributed by atoms with Crippen LogP contribution >= 0.6 is 0 Å². The van der Waals surface area contributed by atoms with E-state index in [-0.39, 0.29) is 24.2 Å². The molecule has 5 heteroatoms. The van der Waals surface area contributed by atoms with Gasteiger partial charge in [-0.25, -0.2) is 9.78 Å². The average Bonchev–Trinajstić information content (AvgIpc) is 2.63. The van der Waals surface area contributed by atoms with Gasteiger partial charge in [-0.1, -0.05) is 12.8 Å². The van der Waals surface area contributed by atoms with Gasteiger partial charge in [0.15, 0.2) is 5.69 Å². The summed E-state index contributed by atoms with van der Waals surface area (Å²) in [6, 6.07) is -0.185. The Bertz CT molecular complexity index is 417. The fraction of sp³-hybridized carbons (Fsp3) is 0.455. The van der Waals surface area contributed by atoms with Crippen molar-refractivity contribution < 1.29 is 9.53 Å². The Labute approximate surface area is 94.6 Å². The third-order valence-electron chi connectivity index (χ3n) is 2.22. The molecule has 1 aromatic heterocycles. The molecule has 86 valence electrons. The Morgan fingerprint density at radius 3 is 2.94 bits per heavy atom. The summed E-state index contributed by atoms with van der Waals surface area (Å²) >= 11 is 0. The molecule has 0 aromatic carbocycles. The monoisotopic (exact) mass is 221 g/mol. The van der Waals surface area contributed by atoms with Crippen molar-refractivity contribution in [2.45, 2.75) is 26.3 Å². The van der Waals surface area contributed by atoms with Gasteiger partial charge < -0.3 is 15.0 Å². The van der Waals surface area contributed by atoms with Crippen LogP contribution in [0.3, 0.4) is 0 Å². The van der Waals surface area contributed by atoms with Crippen LogP contribution in [0.1, 0.15) is 36.8 Å². The van der Waals surface area contributed by atoms with E-state index in [0.29, 0.717) is 0 Å². The predicted octanol–water partition coefficient (Wildman–Crippen LogP) is 1.23. The summed E-state index contributed by atoms with van der Waals surface area (Å²) in [6.07, 6.45) is 7.55. The van der Waals surface area contributed by atoms with Crippen molar-refractivity contribution in [3.63, 3.8) is 0 Å². The summed E-state index contributed by atoms with van der Waals surface area (Å²) in [4.78, 5) is 15.4. The summed E-state index contributed by atoms with van der Waals surface area (Å²) in [5.74, 6) is 2.31. The van der Waals surface area contributed by atoms with Crippen molar-refractivity contribution in [2.75, 3.05) is 12.3 Å². The average molecular weight is 221 g/mol. The lowest BCUT2D eigenvalue weighted by molar-refractivity contribution is 0.0521. The molecule has 0 amide bonds. The molecule has 2 N–H and O–H groups in total. The van der Waals surface area contributed by atoms with Gasteiger partial charge in [-0.15, -0.1) is 6.42 Å². The van der Waals surface area contributed by atoms with Crippen LogP contribution in [0, 0.1) is 12.3 Å². The molecule has 0 spiro atoms. The lowest BCUT2D eigenvalue weighted by Crippen LogP contribution is -2.12. The zero-order valence-corrected chi connectivity index (χ0v) is 9.43. The molecule has 1 rings (SSSR count). The minimum Gasteiger partial charge on any atom is -0.461 e. The maximum absolute atomic E-state index is 11.4. The topological polar surface area (TPSA) is 70.1 Å². The molecule has 0 bridgehead atoms. The van der Waals surface area contributed by atoms with E-state index in [1.807, 2.05) is 6.92 Å². The molecular weight excluding hydrogens is 206 g/mol. The highest BCUT2D eigenvalue weighted by molar-refractivity contribution is 5.92. The van der Waals surface area contributed by atoms with Crippen LogP contribution < -0.4 is 5.73 Å². The molecule has 0 fully saturated rings. The number of nitrogen functional groups attached to an aromatic ring is 1. The van der Waals surface area contributed by atoms with Crippen molar-refractivity contribution in [3.05, 3.63) is 12.0 Å². The third-order valence-corrected chi connectivity index (χ3v) is 2.22. The first-order chi connectivity index (χ1) is 7.65. The van der Waals surface area contributed by atoms with Crippen LogP contribution in [-0.2, 0) is 4.74 Å². The van der Waals surface area contributed by atoms with Gasteiger partial charge in [0, 0.05) is 0 Å². The Hall–Kier alpha value is -1.96. The van der Waals surface area contributed by atoms with Crippen LogP contribution in [-0.4, -0.2) is 22.1 Å². The number of nitrogens with two attached hydrogens (primary N) is 1. The van der Waals surface area contributed by atoms with Crippen LogP contribution in [0.25, 0.3) is 0 Å². The first-order valence-corrected chi connectivity index (χ1v) is 5.11. The number of anilines is 1. The highest BCUT2D eigenvalue weighted by Gasteiger charge is 2.19. The minimum atomic E-state index is -0.523. The molecule has 0 radical (unpaired) electrons. The maximum Gasteiger partial charge on any atom is 0.360 e. The maximum atomic E-state index is 11.4. The van der Waals surface area contributed by atoms with Gasteiger partial charge >= 0.3 is 5.97 Å². The summed E-state index contributed by atoms with van der Waals surface area (Å²) < 4.78 is 6.43. The number of carbonyl (C=O) groups is 1. The molecule has 0 saturated carbocycles. The summed E-state index contributed by atoms with van der Waals surface area (Å²) in [6.45, 7) is 3.95. The molecule has 0 saturated heterocycles. The molecule has 0 aliphatic carbocycles. The fourth-order valence-corrected chi connectivity index (χ4v) is 1.37. The largest absolute Gasteiger partial charge is 0.461 e. The van der Waals surface area contributed by atoms with E-state index >= 15 is 0 Å². The second kappa shape index (κ2) is 5.21. The fourth-order valence-electron chi connectivity index (χ4n) is 1.37. The normalized spacial score (nSPS) is 11.8. The first-order valence-electron chi connectivity index (χ1n) is 5.11. The number of imidazole rings is 1. The second-order valence-corrected chi connectivity index (χ2v) is 3.20. The first kappa shape index (κ1) is 12.1. The van der Waals surface area contributed by atoms with Crippen molar-refractivity contribution >= 4 is 11.8 Å². The van der Waals surface area contributed by atoms with Gasteiger partial charge in [0.05, 0.1) is 19.0 Å². The van der Waals surface area contributed by atoms with Gasteiger partial charge in [0.25, 0.3) is 0 Å². The molecule has 0 aliphatic rings. The molecule has 5 nitrogen and oxygen atoms in total. The van der Waals surface area contributed by atoms with Crippen molar-refractivity contribution in [1.82, 2.24) is 9.55 Å². The summed E-state index contributed by atoms with van der Waals surface area (Å²) in [5, 5.41) is 0. The smallest absolute Gasteiger partial charge is 0.360 e. The number of rotatable bonds is 4. The number of hydrogen-bond donors (Lipinski definition) is 1. The lowest BCUT2D eigenvalue weighted by atomic mass is 10.2. The Balaban J connectivity index is 3.01. The second-order valence-electron chi connectivity index (χ2n) is 3.20. The molecule has 1 aromatic rings. The molecule has 1 heterocycles. The van der Waals surface area contributed by atoms with Crippen LogP contribution in [0.5, 0.6) is 0 Å². The van der Waals surface area contributed by atoms with Crippen LogP contribution in [0.15, 0.2) is 6.33 Å². The Kier molecular flexibility index (Phi) is 3.95. The number of terminal acetylenes is 1. The highest BCUT2D eigenvalue weighted by Crippen LogP contribution is 2.19. The van der Waals surface area contributed by atoms with E-state index in [1.165, 1.54) is 6.33 Å². The van der Waals surface area contributed by atoms with Gasteiger partial charge in [0.1, 0.15) is 5.82 Å². The van der Waals surface area contributed by atoms with Crippen molar-refractivity contribution in [3.8, 4) is 12.3 Å². The van der Waals surface area contributed by atoms with Crippen molar-refractivity contribution in [1.29, 1.82) is 0 Å². The number of ether oxygens (including phenoxy) is 1. The minimum absolute atomic E-state index is 0.121. The van der Waals surface area contributed by atoms with Crippen LogP contribution in [0.2, 0.25) is 0 Å². The van der Waals surface area contributed by atoms with E-state index < -0.39 is 5.97 Å². The van der Waals surface area contributed by atoms with E-state index in [4.69, 9.17) is 16.9 Å². The Morgan fingerprint density at radius 2 is 2.44 bits per heavy atom. The lowest BCUT2D eigenvalue weighted by Gasteiger charge is -2.11. The molecule has 1 unspecified atom stereocenters. The summed E-state index contributed by atoms with van der Waals surface area (Å²) in [7, 11) is 0. The van der Waals surface area contributed by atoms with Gasteiger partial charge in [-0.2, -0.15) is 0 Å². The number of hydrogen-bond acceptors (Lipinski definition) is 4. The number of nitrogens with zero attached hydrogens (tertiary/aromatic N) is 2. The molecule has 1 atom stereocenters. The van der Waals surface area contributed by atoms with Crippen LogP contribution in [0.4, 0.5) is 5.82 Å². The standard InChI is InChI=1S/C11H15N3O2/c1-4-8(5-2)14-7-13-9(10(14)12)11(15)16-6-3/h1,7-8H,5-6,12H2,2-3H3. The number of esters is 1. The molecular formula is C11H15N3O2. The highest BCUT2D eigenvalue weighted by atomic mass is 16.5. The molecule has 0 aliphatic heterocycles. The Morgan fingerprint density at radius 1 is 1.75 bits per heavy atom. The van der Waals surface area contributed by atoms with Gasteiger partial charge in [-0.05, 0) is 13.3 Å². The molecule has 16 heavy (non-hydrogen) atoms. The number of aromatic nitrogens is 2. The number of carbonyl (C=O) groups excluding carboxylic acids is 1. The quantitative estimate of drug-likeness (QED) is 0.613. The van der Waals surface area contributed by atoms with Gasteiger partial charge in [-0.3, -0.25) is 0 Å². The van der Waals surface area contributed by atoms with E-state index in [2.05, 4.69) is 10.9 Å². The predicted molar refractivity (Wildman–Crippen MR) is 60.8 cm³/mol. The van der Waals surface area contributed by atoms with E-state index in [0.717, 1.165) is 6.42 Å². The third kappa shape index (κ3) is 2.16. The van der Waals surface area contributed by atoms with Crippen molar-refractivity contribution in [2.24, 2.45) is 0 Å². The summed E-state index contributed by atoms with van der Waals surface area (Å²) in [5.41, 5.74) is 5.91. The van der Waals surface area contributed by atoms with E-state index in [9.17, 15) is 4.79 Å². The zero-order valence-electron chi connectivity index (χ0n) is 9.43. The SMILES string of the molecule is C#CC(CC)n1cnc(C(=O)OCC)c1N. The zero-order chi connectivity index (χ0) is 12.1. The van der Waals surface area contributed by atoms with E-state index in [1.54, 1.807) is 11.5 Å². The van der Waals surface area contributed by atoms with Gasteiger partial charge in [0.2, 0.25) is 0 Å².